The maximum absolute atomic E-state index is 8.91. The Morgan fingerprint density at radius 3 is 2.73 bits per heavy atom. The van der Waals surface area contributed by atoms with E-state index in [9.17, 15) is 0 Å². The summed E-state index contributed by atoms with van der Waals surface area (Å²) in [5.41, 5.74) is 1.22. The number of hydrogen-bond acceptors (Lipinski definition) is 5. The van der Waals surface area contributed by atoms with E-state index in [1.165, 1.54) is 5.56 Å². The highest BCUT2D eigenvalue weighted by molar-refractivity contribution is 5.41. The highest BCUT2D eigenvalue weighted by Crippen LogP contribution is 2.16. The van der Waals surface area contributed by atoms with Crippen molar-refractivity contribution < 1.29 is 5.11 Å². The highest BCUT2D eigenvalue weighted by atomic mass is 16.3. The number of hydrogen-bond donors (Lipinski definition) is 1. The number of aliphatic hydroxyl groups is 1. The summed E-state index contributed by atoms with van der Waals surface area (Å²) in [5, 5.41) is 13.2. The molecule has 0 saturated carbocycles. The lowest BCUT2D eigenvalue weighted by molar-refractivity contribution is 0.215. The molecule has 3 heterocycles. The van der Waals surface area contributed by atoms with Crippen molar-refractivity contribution in [1.29, 1.82) is 0 Å². The summed E-state index contributed by atoms with van der Waals surface area (Å²) in [6, 6.07) is 6.14. The molecule has 118 valence electrons. The minimum atomic E-state index is 0.275. The molecule has 1 aliphatic heterocycles. The second kappa shape index (κ2) is 7.38. The number of anilines is 1. The Balaban J connectivity index is 1.59. The van der Waals surface area contributed by atoms with E-state index in [1.54, 1.807) is 6.20 Å². The SMILES string of the molecule is OCCCN1CCN(c2cc(Cn3cccn3)ccn2)CC1. The number of piperazine rings is 1. The van der Waals surface area contributed by atoms with Gasteiger partial charge in [0.05, 0.1) is 6.54 Å². The van der Waals surface area contributed by atoms with Gasteiger partial charge in [-0.2, -0.15) is 5.10 Å². The molecule has 22 heavy (non-hydrogen) atoms. The van der Waals surface area contributed by atoms with Crippen molar-refractivity contribution in [2.75, 3.05) is 44.2 Å². The van der Waals surface area contributed by atoms with E-state index in [4.69, 9.17) is 5.11 Å². The van der Waals surface area contributed by atoms with Crippen LogP contribution >= 0.6 is 0 Å². The Labute approximate surface area is 131 Å². The van der Waals surface area contributed by atoms with Crippen molar-refractivity contribution in [2.45, 2.75) is 13.0 Å². The maximum atomic E-state index is 8.91. The molecule has 1 N–H and O–H groups in total. The van der Waals surface area contributed by atoms with Crippen LogP contribution in [-0.4, -0.2) is 64.1 Å². The molecule has 1 saturated heterocycles. The first-order chi connectivity index (χ1) is 10.8. The van der Waals surface area contributed by atoms with Gasteiger partial charge in [-0.1, -0.05) is 0 Å². The van der Waals surface area contributed by atoms with E-state index >= 15 is 0 Å². The number of aliphatic hydroxyl groups excluding tert-OH is 1. The third-order valence-electron chi connectivity index (χ3n) is 4.04. The Hall–Kier alpha value is -1.92. The Kier molecular flexibility index (Phi) is 5.03. The van der Waals surface area contributed by atoms with Gasteiger partial charge in [-0.15, -0.1) is 0 Å². The molecular weight excluding hydrogens is 278 g/mol. The topological polar surface area (TPSA) is 57.4 Å². The zero-order valence-electron chi connectivity index (χ0n) is 12.8. The third-order valence-corrected chi connectivity index (χ3v) is 4.04. The average molecular weight is 301 g/mol. The molecule has 0 bridgehead atoms. The van der Waals surface area contributed by atoms with Gasteiger partial charge in [0.1, 0.15) is 5.82 Å². The van der Waals surface area contributed by atoms with Gasteiger partial charge in [0, 0.05) is 57.9 Å². The van der Waals surface area contributed by atoms with Crippen molar-refractivity contribution >= 4 is 5.82 Å². The quantitative estimate of drug-likeness (QED) is 0.856. The zero-order valence-corrected chi connectivity index (χ0v) is 12.8. The van der Waals surface area contributed by atoms with Crippen LogP contribution in [0, 0.1) is 0 Å². The van der Waals surface area contributed by atoms with Crippen LogP contribution in [0.4, 0.5) is 5.82 Å². The molecule has 0 aromatic carbocycles. The fraction of sp³-hybridized carbons (Fsp3) is 0.500. The summed E-state index contributed by atoms with van der Waals surface area (Å²) in [6.45, 7) is 6.08. The molecule has 0 atom stereocenters. The number of nitrogens with zero attached hydrogens (tertiary/aromatic N) is 5. The second-order valence-electron chi connectivity index (χ2n) is 5.63. The van der Waals surface area contributed by atoms with E-state index in [0.29, 0.717) is 0 Å². The van der Waals surface area contributed by atoms with Gasteiger partial charge in [0.2, 0.25) is 0 Å². The van der Waals surface area contributed by atoms with E-state index < -0.39 is 0 Å². The molecule has 6 nitrogen and oxygen atoms in total. The maximum Gasteiger partial charge on any atom is 0.128 e. The Bertz CT molecular complexity index is 564. The molecule has 1 aliphatic rings. The first kappa shape index (κ1) is 15.0. The highest BCUT2D eigenvalue weighted by Gasteiger charge is 2.17. The van der Waals surface area contributed by atoms with E-state index in [0.717, 1.165) is 51.5 Å². The fourth-order valence-corrected chi connectivity index (χ4v) is 2.81. The van der Waals surface area contributed by atoms with Crippen LogP contribution in [0.3, 0.4) is 0 Å². The smallest absolute Gasteiger partial charge is 0.128 e. The minimum Gasteiger partial charge on any atom is -0.396 e. The van der Waals surface area contributed by atoms with Crippen molar-refractivity contribution in [3.05, 3.63) is 42.4 Å². The van der Waals surface area contributed by atoms with Crippen LogP contribution in [0.2, 0.25) is 0 Å². The fourth-order valence-electron chi connectivity index (χ4n) is 2.81. The van der Waals surface area contributed by atoms with E-state index in [1.807, 2.05) is 29.2 Å². The first-order valence-corrected chi connectivity index (χ1v) is 7.85. The molecule has 3 rings (SSSR count). The van der Waals surface area contributed by atoms with Crippen molar-refractivity contribution in [3.63, 3.8) is 0 Å². The van der Waals surface area contributed by atoms with Crippen LogP contribution in [0.15, 0.2) is 36.8 Å². The van der Waals surface area contributed by atoms with Crippen LogP contribution in [0.5, 0.6) is 0 Å². The number of aromatic nitrogens is 3. The summed E-state index contributed by atoms with van der Waals surface area (Å²) in [4.78, 5) is 9.26. The predicted molar refractivity (Wildman–Crippen MR) is 85.9 cm³/mol. The van der Waals surface area contributed by atoms with Gasteiger partial charge < -0.3 is 10.0 Å². The summed E-state index contributed by atoms with van der Waals surface area (Å²) in [6.07, 6.45) is 6.51. The van der Waals surface area contributed by atoms with Gasteiger partial charge in [-0.05, 0) is 30.2 Å². The summed E-state index contributed by atoms with van der Waals surface area (Å²) < 4.78 is 1.92. The first-order valence-electron chi connectivity index (χ1n) is 7.85. The molecule has 2 aromatic rings. The monoisotopic (exact) mass is 301 g/mol. The molecule has 0 amide bonds. The summed E-state index contributed by atoms with van der Waals surface area (Å²) in [5.74, 6) is 1.05. The molecule has 6 heteroatoms. The molecule has 1 fully saturated rings. The second-order valence-corrected chi connectivity index (χ2v) is 5.63. The largest absolute Gasteiger partial charge is 0.396 e. The molecule has 0 radical (unpaired) electrons. The summed E-state index contributed by atoms with van der Waals surface area (Å²) >= 11 is 0. The summed E-state index contributed by atoms with van der Waals surface area (Å²) in [7, 11) is 0. The van der Waals surface area contributed by atoms with Crippen LogP contribution in [0.1, 0.15) is 12.0 Å². The van der Waals surface area contributed by atoms with Crippen molar-refractivity contribution in [3.8, 4) is 0 Å². The van der Waals surface area contributed by atoms with Crippen LogP contribution < -0.4 is 4.90 Å². The van der Waals surface area contributed by atoms with Gasteiger partial charge >= 0.3 is 0 Å². The van der Waals surface area contributed by atoms with E-state index in [2.05, 4.69) is 25.9 Å². The molecular formula is C16H23N5O. The molecule has 0 aliphatic carbocycles. The van der Waals surface area contributed by atoms with Crippen LogP contribution in [0.25, 0.3) is 0 Å². The molecule has 0 spiro atoms. The molecule has 2 aromatic heterocycles. The van der Waals surface area contributed by atoms with Crippen molar-refractivity contribution in [2.24, 2.45) is 0 Å². The minimum absolute atomic E-state index is 0.275. The normalized spacial score (nSPS) is 16.1. The third kappa shape index (κ3) is 3.84. The standard InChI is InChI=1S/C16H23N5O/c22-12-2-6-19-8-10-20(11-9-19)16-13-15(3-5-17-16)14-21-7-1-4-18-21/h1,3-5,7,13,22H,2,6,8-12,14H2. The van der Waals surface area contributed by atoms with Gasteiger partial charge in [0.15, 0.2) is 0 Å². The Morgan fingerprint density at radius 2 is 2.00 bits per heavy atom. The van der Waals surface area contributed by atoms with Crippen molar-refractivity contribution in [1.82, 2.24) is 19.7 Å². The lowest BCUT2D eigenvalue weighted by atomic mass is 10.2. The molecule has 0 unspecified atom stereocenters. The average Bonchev–Trinajstić information content (AvgIpc) is 3.07. The van der Waals surface area contributed by atoms with E-state index in [-0.39, 0.29) is 6.61 Å². The van der Waals surface area contributed by atoms with Gasteiger partial charge in [-0.3, -0.25) is 9.58 Å². The zero-order chi connectivity index (χ0) is 15.2. The number of rotatable bonds is 6. The van der Waals surface area contributed by atoms with Crippen LogP contribution in [-0.2, 0) is 6.54 Å². The number of pyridine rings is 1. The Morgan fingerprint density at radius 1 is 1.14 bits per heavy atom. The van der Waals surface area contributed by atoms with Gasteiger partial charge in [0.25, 0.3) is 0 Å². The lowest BCUT2D eigenvalue weighted by Gasteiger charge is -2.35. The lowest BCUT2D eigenvalue weighted by Crippen LogP contribution is -2.47. The van der Waals surface area contributed by atoms with Gasteiger partial charge in [-0.25, -0.2) is 4.98 Å². The predicted octanol–water partition coefficient (Wildman–Crippen LogP) is 0.831.